The normalized spacial score (nSPS) is 17.2. The number of rotatable bonds is 7. The molecular formula is C25H23F6N5O3. The van der Waals surface area contributed by atoms with Crippen LogP contribution >= 0.6 is 0 Å². The number of hydrogen-bond acceptors (Lipinski definition) is 6. The Hall–Kier alpha value is -3.65. The molecule has 1 saturated carbocycles. The fourth-order valence-electron chi connectivity index (χ4n) is 4.74. The van der Waals surface area contributed by atoms with Crippen LogP contribution in [0.1, 0.15) is 23.2 Å². The molecule has 1 saturated heterocycles. The summed E-state index contributed by atoms with van der Waals surface area (Å²) >= 11 is 0. The van der Waals surface area contributed by atoms with Crippen LogP contribution < -0.4 is 15.6 Å². The first-order valence-corrected chi connectivity index (χ1v) is 12.1. The highest BCUT2D eigenvalue weighted by atomic mass is 19.4. The molecule has 1 amide bonds. The molecule has 39 heavy (non-hydrogen) atoms. The molecule has 14 heteroatoms. The van der Waals surface area contributed by atoms with Gasteiger partial charge in [-0.2, -0.15) is 13.2 Å². The van der Waals surface area contributed by atoms with Gasteiger partial charge in [0.15, 0.2) is 17.3 Å². The maximum absolute atomic E-state index is 14.9. The number of hydrogen-bond donors (Lipinski definition) is 2. The summed E-state index contributed by atoms with van der Waals surface area (Å²) in [4.78, 5) is 34.3. The zero-order valence-corrected chi connectivity index (χ0v) is 20.3. The molecule has 0 unspecified atom stereocenters. The number of amides is 1. The lowest BCUT2D eigenvalue weighted by atomic mass is 10.1. The zero-order chi connectivity index (χ0) is 28.1. The number of β-amino-alcohol motifs (C(OH)–C–C–N with tert-alkyl or cyclic N) is 1. The third-order valence-electron chi connectivity index (χ3n) is 6.83. The van der Waals surface area contributed by atoms with E-state index in [4.69, 9.17) is 0 Å². The van der Waals surface area contributed by atoms with Gasteiger partial charge >= 0.3 is 6.18 Å². The Kier molecular flexibility index (Phi) is 7.01. The lowest BCUT2D eigenvalue weighted by molar-refractivity contribution is -0.158. The van der Waals surface area contributed by atoms with Crippen molar-refractivity contribution in [2.45, 2.75) is 25.1 Å². The molecule has 2 fully saturated rings. The molecular weight excluding hydrogens is 532 g/mol. The van der Waals surface area contributed by atoms with Crippen molar-refractivity contribution in [1.29, 1.82) is 0 Å². The number of fused-ring (bicyclic) bond motifs is 1. The predicted octanol–water partition coefficient (Wildman–Crippen LogP) is 2.95. The van der Waals surface area contributed by atoms with Gasteiger partial charge in [-0.25, -0.2) is 18.2 Å². The molecule has 2 aliphatic rings. The van der Waals surface area contributed by atoms with Crippen molar-refractivity contribution >= 4 is 22.8 Å². The molecule has 1 aliphatic carbocycles. The Balaban J connectivity index is 1.65. The average Bonchev–Trinajstić information content (AvgIpc) is 3.59. The Bertz CT molecular complexity index is 1470. The number of aliphatic hydroxyl groups excluding tert-OH is 1. The first kappa shape index (κ1) is 26.9. The van der Waals surface area contributed by atoms with Gasteiger partial charge in [0, 0.05) is 38.0 Å². The van der Waals surface area contributed by atoms with E-state index in [2.05, 4.69) is 4.98 Å². The molecule has 2 N–H and O–H groups in total. The largest absolute Gasteiger partial charge is 0.408 e. The molecule has 1 aromatic carbocycles. The van der Waals surface area contributed by atoms with Crippen molar-refractivity contribution in [2.75, 3.05) is 37.8 Å². The number of halogens is 6. The fraction of sp³-hybridized carbons (Fsp3) is 0.400. The van der Waals surface area contributed by atoms with Gasteiger partial charge in [0.25, 0.3) is 5.91 Å². The molecule has 1 atom stereocenters. The van der Waals surface area contributed by atoms with Gasteiger partial charge < -0.3 is 15.3 Å². The van der Waals surface area contributed by atoms with Crippen molar-refractivity contribution in [3.05, 3.63) is 63.7 Å². The maximum atomic E-state index is 14.9. The first-order chi connectivity index (χ1) is 18.5. The average molecular weight is 555 g/mol. The fourth-order valence-corrected chi connectivity index (χ4v) is 4.74. The molecule has 0 bridgehead atoms. The van der Waals surface area contributed by atoms with Crippen LogP contribution in [0.25, 0.3) is 16.7 Å². The highest BCUT2D eigenvalue weighted by Gasteiger charge is 2.50. The van der Waals surface area contributed by atoms with E-state index in [1.165, 1.54) is 12.1 Å². The smallest absolute Gasteiger partial charge is 0.395 e. The van der Waals surface area contributed by atoms with Gasteiger partial charge in [0.1, 0.15) is 28.9 Å². The van der Waals surface area contributed by atoms with Gasteiger partial charge in [-0.1, -0.05) is 0 Å². The quantitative estimate of drug-likeness (QED) is 0.436. The van der Waals surface area contributed by atoms with E-state index in [1.807, 2.05) is 10.2 Å². The summed E-state index contributed by atoms with van der Waals surface area (Å²) in [5.74, 6) is -5.86. The molecule has 3 aromatic rings. The minimum absolute atomic E-state index is 0.0670. The first-order valence-electron chi connectivity index (χ1n) is 12.1. The monoisotopic (exact) mass is 555 g/mol. The Labute approximate surface area is 217 Å². The molecule has 8 nitrogen and oxygen atoms in total. The van der Waals surface area contributed by atoms with Crippen LogP contribution in [0.5, 0.6) is 0 Å². The summed E-state index contributed by atoms with van der Waals surface area (Å²) in [6.45, 7) is 1.78. The summed E-state index contributed by atoms with van der Waals surface area (Å²) in [6, 6.07) is 1.31. The molecule has 2 aromatic heterocycles. The summed E-state index contributed by atoms with van der Waals surface area (Å²) in [7, 11) is 0. The Morgan fingerprint density at radius 1 is 1.13 bits per heavy atom. The number of pyridine rings is 2. The number of aromatic nitrogens is 2. The summed E-state index contributed by atoms with van der Waals surface area (Å²) in [5, 5.41) is 10.8. The van der Waals surface area contributed by atoms with Gasteiger partial charge in [0.05, 0.1) is 18.7 Å². The van der Waals surface area contributed by atoms with Crippen molar-refractivity contribution in [3.63, 3.8) is 0 Å². The predicted molar refractivity (Wildman–Crippen MR) is 128 cm³/mol. The second-order valence-electron chi connectivity index (χ2n) is 9.58. The lowest BCUT2D eigenvalue weighted by Gasteiger charge is -2.22. The number of alkyl halides is 3. The summed E-state index contributed by atoms with van der Waals surface area (Å²) in [6.07, 6.45) is -3.55. The van der Waals surface area contributed by atoms with E-state index >= 15 is 0 Å². The van der Waals surface area contributed by atoms with E-state index in [0.29, 0.717) is 44.3 Å². The third kappa shape index (κ3) is 5.30. The van der Waals surface area contributed by atoms with Crippen LogP contribution in [0.15, 0.2) is 35.3 Å². The molecule has 3 heterocycles. The number of nitrogens with zero attached hydrogens (tertiary/aromatic N) is 4. The Morgan fingerprint density at radius 3 is 2.44 bits per heavy atom. The van der Waals surface area contributed by atoms with Crippen LogP contribution in [0.2, 0.25) is 0 Å². The van der Waals surface area contributed by atoms with Gasteiger partial charge in [-0.3, -0.25) is 19.1 Å². The Morgan fingerprint density at radius 2 is 1.82 bits per heavy atom. The van der Waals surface area contributed by atoms with E-state index in [1.54, 1.807) is 4.90 Å². The highest BCUT2D eigenvalue weighted by molar-refractivity contribution is 5.97. The standard InChI is InChI=1S/C25H23F6N5O3/c26-14-9-17(27)20(18(28)10-14)36-11-16(24(39)33-22(13-1-2-13)25(29,30)31)21(38)15-3-4-19(32-23(15)36)35-6-5-34(12-35)7-8-37/h3-4,9-11,13,22,37H,1-2,5-8,12H2,(H,33,39)/t22-/m0/s1. The topological polar surface area (TPSA) is 90.7 Å². The van der Waals surface area contributed by atoms with Crippen LogP contribution in [-0.4, -0.2) is 70.6 Å². The van der Waals surface area contributed by atoms with Crippen LogP contribution in [0.3, 0.4) is 0 Å². The second-order valence-corrected chi connectivity index (χ2v) is 9.58. The molecule has 208 valence electrons. The minimum Gasteiger partial charge on any atom is -0.395 e. The van der Waals surface area contributed by atoms with E-state index in [0.717, 1.165) is 10.8 Å². The summed E-state index contributed by atoms with van der Waals surface area (Å²) < 4.78 is 84.8. The number of anilines is 1. The zero-order valence-electron chi connectivity index (χ0n) is 20.3. The molecule has 1 aliphatic heterocycles. The highest BCUT2D eigenvalue weighted by Crippen LogP contribution is 2.40. The molecule has 5 rings (SSSR count). The minimum atomic E-state index is -4.77. The molecule has 0 spiro atoms. The van der Waals surface area contributed by atoms with Gasteiger partial charge in [-0.05, 0) is 30.9 Å². The number of benzene rings is 1. The van der Waals surface area contributed by atoms with Crippen LogP contribution in [0.4, 0.5) is 32.2 Å². The van der Waals surface area contributed by atoms with Crippen LogP contribution in [0, 0.1) is 23.4 Å². The summed E-state index contributed by atoms with van der Waals surface area (Å²) in [5.41, 5.74) is -2.92. The van der Waals surface area contributed by atoms with E-state index < -0.39 is 58.2 Å². The van der Waals surface area contributed by atoms with Crippen molar-refractivity contribution < 1.29 is 36.2 Å². The van der Waals surface area contributed by atoms with Gasteiger partial charge in [0.2, 0.25) is 5.43 Å². The van der Waals surface area contributed by atoms with Crippen molar-refractivity contribution in [2.24, 2.45) is 5.92 Å². The lowest BCUT2D eigenvalue weighted by Crippen LogP contribution is -2.48. The number of aliphatic hydroxyl groups is 1. The second kappa shape index (κ2) is 10.2. The third-order valence-corrected chi connectivity index (χ3v) is 6.83. The number of nitrogens with one attached hydrogen (secondary N) is 1. The maximum Gasteiger partial charge on any atom is 0.408 e. The van der Waals surface area contributed by atoms with Crippen molar-refractivity contribution in [1.82, 2.24) is 19.8 Å². The van der Waals surface area contributed by atoms with E-state index in [9.17, 15) is 41.0 Å². The number of carbonyl (C=O) groups excluding carboxylic acids is 1. The SMILES string of the molecule is O=C(N[C@@H](C1CC1)C(F)(F)F)c1cn(-c2c(F)cc(F)cc2F)c2nc(N3CCN(CCO)C3)ccc2c1=O. The van der Waals surface area contributed by atoms with Crippen LogP contribution in [-0.2, 0) is 0 Å². The van der Waals surface area contributed by atoms with E-state index in [-0.39, 0.29) is 30.5 Å². The number of carbonyl (C=O) groups is 1. The van der Waals surface area contributed by atoms with Gasteiger partial charge in [-0.15, -0.1) is 0 Å². The molecule has 0 radical (unpaired) electrons. The van der Waals surface area contributed by atoms with Crippen molar-refractivity contribution in [3.8, 4) is 5.69 Å².